The molecule has 0 fully saturated rings. The second-order valence-electron chi connectivity index (χ2n) is 14.4. The number of aromatic nitrogens is 1. The van der Waals surface area contributed by atoms with E-state index in [2.05, 4.69) is 31.6 Å². The average molecular weight is 815 g/mol. The second kappa shape index (κ2) is 22.3. The predicted octanol–water partition coefficient (Wildman–Crippen LogP) is 2.94. The van der Waals surface area contributed by atoms with Crippen LogP contribution in [0.4, 0.5) is 4.79 Å². The van der Waals surface area contributed by atoms with Crippen molar-refractivity contribution >= 4 is 74.5 Å². The van der Waals surface area contributed by atoms with Crippen molar-refractivity contribution < 1.29 is 33.6 Å². The Bertz CT molecular complexity index is 2070. The van der Waals surface area contributed by atoms with Gasteiger partial charge in [-0.25, -0.2) is 0 Å². The largest absolute Gasteiger partial charge is 0.367 e. The Balaban J connectivity index is 1.42. The topological polar surface area (TPSA) is 247 Å². The van der Waals surface area contributed by atoms with Gasteiger partial charge >= 0.3 is 0 Å². The minimum atomic E-state index is -1.58. The van der Waals surface area contributed by atoms with E-state index < -0.39 is 64.8 Å². The summed E-state index contributed by atoms with van der Waals surface area (Å²) >= 11 is 0.352. The van der Waals surface area contributed by atoms with Crippen molar-refractivity contribution in [2.24, 2.45) is 23.3 Å². The van der Waals surface area contributed by atoms with Crippen LogP contribution in [0.3, 0.4) is 0 Å². The lowest BCUT2D eigenvalue weighted by Gasteiger charge is -2.24. The van der Waals surface area contributed by atoms with Gasteiger partial charge in [-0.15, -0.1) is 0 Å². The highest BCUT2D eigenvalue weighted by Crippen LogP contribution is 2.21. The first-order valence-electron chi connectivity index (χ1n) is 19.5. The van der Waals surface area contributed by atoms with E-state index in [1.165, 1.54) is 0 Å². The number of aromatic amines is 1. The van der Waals surface area contributed by atoms with Crippen molar-refractivity contribution in [3.63, 3.8) is 0 Å². The summed E-state index contributed by atoms with van der Waals surface area (Å²) in [6.45, 7) is 5.38. The Labute approximate surface area is 342 Å². The van der Waals surface area contributed by atoms with Crippen molar-refractivity contribution in [2.75, 3.05) is 13.1 Å². The fourth-order valence-corrected chi connectivity index (χ4v) is 7.07. The third kappa shape index (κ3) is 13.2. The van der Waals surface area contributed by atoms with Gasteiger partial charge in [-0.3, -0.25) is 28.8 Å². The molecular weight excluding hydrogens is 761 g/mol. The molecule has 58 heavy (non-hydrogen) atoms. The van der Waals surface area contributed by atoms with E-state index in [-0.39, 0.29) is 24.7 Å². The van der Waals surface area contributed by atoms with Gasteiger partial charge in [0, 0.05) is 35.9 Å². The van der Waals surface area contributed by atoms with Crippen LogP contribution >= 0.6 is 11.8 Å². The highest BCUT2D eigenvalue weighted by atomic mass is 32.2. The van der Waals surface area contributed by atoms with Crippen LogP contribution in [-0.4, -0.2) is 82.6 Å². The monoisotopic (exact) mass is 814 g/mol. The Morgan fingerprint density at radius 2 is 1.52 bits per heavy atom. The summed E-state index contributed by atoms with van der Waals surface area (Å²) in [5.74, 6) is -4.03. The van der Waals surface area contributed by atoms with Crippen LogP contribution < -0.4 is 38.1 Å². The Morgan fingerprint density at radius 3 is 2.22 bits per heavy atom. The van der Waals surface area contributed by atoms with E-state index in [1.54, 1.807) is 13.1 Å². The van der Waals surface area contributed by atoms with E-state index in [0.717, 1.165) is 45.6 Å². The zero-order valence-corrected chi connectivity index (χ0v) is 33.9. The number of primary amides is 1. The molecule has 310 valence electrons. The molecule has 0 saturated carbocycles. The summed E-state index contributed by atoms with van der Waals surface area (Å²) in [5, 5.41) is 13.4. The number of nitrogens with one attached hydrogen (secondary N) is 6. The molecule has 10 N–H and O–H groups in total. The first kappa shape index (κ1) is 45.0. The number of benzene rings is 3. The molecule has 6 amide bonds. The molecule has 15 nitrogen and oxygen atoms in total. The number of amides is 6. The van der Waals surface area contributed by atoms with Crippen molar-refractivity contribution in [1.29, 1.82) is 0 Å². The highest BCUT2D eigenvalue weighted by Gasteiger charge is 2.30. The molecule has 0 aliphatic heterocycles. The summed E-state index contributed by atoms with van der Waals surface area (Å²) in [5.41, 5.74) is 13.5. The molecule has 6 atom stereocenters. The summed E-state index contributed by atoms with van der Waals surface area (Å²) in [4.78, 5) is 94.1. The molecule has 0 bridgehead atoms. The molecule has 4 rings (SSSR count). The third-order valence-corrected chi connectivity index (χ3v) is 11.0. The average Bonchev–Trinajstić information content (AvgIpc) is 3.63. The van der Waals surface area contributed by atoms with Gasteiger partial charge in [-0.1, -0.05) is 94.3 Å². The van der Waals surface area contributed by atoms with Gasteiger partial charge in [0.15, 0.2) is 5.37 Å². The molecule has 1 aromatic heterocycles. The van der Waals surface area contributed by atoms with Crippen LogP contribution in [0.1, 0.15) is 57.6 Å². The molecule has 0 unspecified atom stereocenters. The van der Waals surface area contributed by atoms with Gasteiger partial charge in [-0.2, -0.15) is 0 Å². The Kier molecular flexibility index (Phi) is 17.3. The minimum Gasteiger partial charge on any atom is -0.367 e. The van der Waals surface area contributed by atoms with Crippen LogP contribution in [0.25, 0.3) is 21.7 Å². The van der Waals surface area contributed by atoms with Gasteiger partial charge in [0.25, 0.3) is 11.1 Å². The van der Waals surface area contributed by atoms with E-state index in [9.17, 15) is 33.6 Å². The lowest BCUT2D eigenvalue weighted by atomic mass is 9.98. The number of unbranched alkanes of at least 4 members (excludes halogenated alkanes) is 1. The van der Waals surface area contributed by atoms with Crippen molar-refractivity contribution in [2.45, 2.75) is 82.8 Å². The second-order valence-corrected chi connectivity index (χ2v) is 15.5. The van der Waals surface area contributed by atoms with Gasteiger partial charge in [0.1, 0.15) is 18.4 Å². The maximum absolute atomic E-state index is 13.5. The SMILES string of the molecule is CC[C@H](C)[C@@H](C=O)NC(=O)[C@H](Cc1ccc2ccccc2c1)NC(=O)S[C@H](NC(=O)CNC(=O)[C@H](Cc1c[nH]c2ccccc12)NC(=O)[C@@H](C)CCCCN)C(N)=O. The predicted molar refractivity (Wildman–Crippen MR) is 225 cm³/mol. The summed E-state index contributed by atoms with van der Waals surface area (Å²) < 4.78 is 0. The number of para-hydroxylation sites is 1. The van der Waals surface area contributed by atoms with E-state index in [0.29, 0.717) is 37.4 Å². The Hall–Kier alpha value is -5.74. The Morgan fingerprint density at radius 1 is 0.810 bits per heavy atom. The maximum atomic E-state index is 13.5. The van der Waals surface area contributed by atoms with Crippen molar-refractivity contribution in [3.8, 4) is 0 Å². The number of carbonyl (C=O) groups excluding carboxylic acids is 7. The molecule has 16 heteroatoms. The smallest absolute Gasteiger partial charge is 0.282 e. The van der Waals surface area contributed by atoms with Crippen LogP contribution in [-0.2, 0) is 41.6 Å². The number of thioether (sulfide) groups is 1. The molecule has 3 aromatic carbocycles. The quantitative estimate of drug-likeness (QED) is 0.0330. The molecule has 1 heterocycles. The summed E-state index contributed by atoms with van der Waals surface area (Å²) in [6.07, 6.45) is 5.30. The number of nitrogens with two attached hydrogens (primary N) is 2. The third-order valence-electron chi connectivity index (χ3n) is 10.0. The molecule has 4 aromatic rings. The number of H-pyrrole nitrogens is 1. The maximum Gasteiger partial charge on any atom is 0.282 e. The number of carbonyl (C=O) groups is 7. The molecule has 0 aliphatic carbocycles. The molecule has 0 spiro atoms. The molecular formula is C42H54N8O7S. The number of rotatable bonds is 22. The summed E-state index contributed by atoms with van der Waals surface area (Å²) in [7, 11) is 0. The van der Waals surface area contributed by atoms with Crippen LogP contribution in [0, 0.1) is 11.8 Å². The van der Waals surface area contributed by atoms with Gasteiger partial charge in [0.05, 0.1) is 12.6 Å². The van der Waals surface area contributed by atoms with Gasteiger partial charge in [0.2, 0.25) is 23.6 Å². The standard InChI is InChI=1S/C42H54N8O7S/c1-4-25(2)35(24-51)48-40(56)33(20-27-16-17-28-12-5-6-13-29(28)19-27)49-42(57)58-41(37(44)53)50-36(52)23-46-39(55)34(47-38(54)26(3)11-9-10-18-43)21-30-22-45-32-15-8-7-14-31(30)32/h5-8,12-17,19,22,24-26,33-35,41,45H,4,9-11,18,20-21,23,43H2,1-3H3,(H2,44,53)(H,46,55)(H,47,54)(H,48,56)(H,49,57)(H,50,52)/t25-,26-,33-,34-,35+,41-/m0/s1. The number of hydrogen-bond acceptors (Lipinski definition) is 9. The van der Waals surface area contributed by atoms with E-state index >= 15 is 0 Å². The van der Waals surface area contributed by atoms with Crippen LogP contribution in [0.2, 0.25) is 0 Å². The lowest BCUT2D eigenvalue weighted by Crippen LogP contribution is -2.53. The van der Waals surface area contributed by atoms with Crippen molar-refractivity contribution in [1.82, 2.24) is 31.6 Å². The molecule has 0 aliphatic rings. The van der Waals surface area contributed by atoms with Gasteiger partial charge < -0.3 is 47.8 Å². The fraction of sp³-hybridized carbons (Fsp3) is 0.405. The van der Waals surface area contributed by atoms with E-state index in [4.69, 9.17) is 11.5 Å². The normalized spacial score (nSPS) is 14.3. The van der Waals surface area contributed by atoms with Gasteiger partial charge in [-0.05, 0) is 65.0 Å². The van der Waals surface area contributed by atoms with E-state index in [1.807, 2.05) is 80.6 Å². The first-order valence-corrected chi connectivity index (χ1v) is 20.3. The number of aldehydes is 1. The lowest BCUT2D eigenvalue weighted by molar-refractivity contribution is -0.132. The van der Waals surface area contributed by atoms with Crippen LogP contribution in [0.15, 0.2) is 72.9 Å². The number of fused-ring (bicyclic) bond motifs is 2. The zero-order chi connectivity index (χ0) is 42.2. The minimum absolute atomic E-state index is 0.0530. The highest BCUT2D eigenvalue weighted by molar-refractivity contribution is 8.14. The fourth-order valence-electron chi connectivity index (χ4n) is 6.34. The van der Waals surface area contributed by atoms with Crippen LogP contribution in [0.5, 0.6) is 0 Å². The van der Waals surface area contributed by atoms with Crippen molar-refractivity contribution in [3.05, 3.63) is 84.1 Å². The number of hydrogen-bond donors (Lipinski definition) is 8. The summed E-state index contributed by atoms with van der Waals surface area (Å²) in [6, 6.07) is 17.8. The molecule has 0 radical (unpaired) electrons. The first-order chi connectivity index (χ1) is 27.8. The molecule has 0 saturated heterocycles. The zero-order valence-electron chi connectivity index (χ0n) is 33.0.